The molecule has 0 atom stereocenters. The van der Waals surface area contributed by atoms with E-state index in [4.69, 9.17) is 9.47 Å². The molecule has 0 spiro atoms. The van der Waals surface area contributed by atoms with Crippen LogP contribution in [0.4, 0.5) is 5.00 Å². The van der Waals surface area contributed by atoms with Crippen molar-refractivity contribution in [2.24, 2.45) is 0 Å². The van der Waals surface area contributed by atoms with Gasteiger partial charge in [0.15, 0.2) is 22.5 Å². The highest BCUT2D eigenvalue weighted by atomic mass is 32.2. The van der Waals surface area contributed by atoms with Crippen LogP contribution in [0.25, 0.3) is 0 Å². The fraction of sp³-hybridized carbons (Fsp3) is 0.290. The molecule has 42 heavy (non-hydrogen) atoms. The third-order valence-electron chi connectivity index (χ3n) is 6.81. The third-order valence-corrected chi connectivity index (χ3v) is 8.98. The number of para-hydroxylation sites is 2. The van der Waals surface area contributed by atoms with Gasteiger partial charge < -0.3 is 20.1 Å². The SMILES string of the molecule is C=CCn1c(COc2ccccc2OC)nnc1SCC(=O)Nc1sc2c(c1C(=O)NCc1ccccc1)CCCC2. The molecule has 0 unspecified atom stereocenters. The van der Waals surface area contributed by atoms with Crippen molar-refractivity contribution in [2.75, 3.05) is 18.2 Å². The van der Waals surface area contributed by atoms with Crippen LogP contribution in [0.3, 0.4) is 0 Å². The van der Waals surface area contributed by atoms with E-state index in [1.54, 1.807) is 13.2 Å². The maximum Gasteiger partial charge on any atom is 0.254 e. The monoisotopic (exact) mass is 603 g/mol. The number of fused-ring (bicyclic) bond motifs is 1. The van der Waals surface area contributed by atoms with Gasteiger partial charge in [0.25, 0.3) is 5.91 Å². The average Bonchev–Trinajstić information content (AvgIpc) is 3.58. The minimum Gasteiger partial charge on any atom is -0.493 e. The van der Waals surface area contributed by atoms with Crippen LogP contribution >= 0.6 is 23.1 Å². The molecule has 1 aliphatic carbocycles. The second-order valence-electron chi connectivity index (χ2n) is 9.66. The van der Waals surface area contributed by atoms with E-state index in [-0.39, 0.29) is 24.2 Å². The Morgan fingerprint density at radius 3 is 2.62 bits per heavy atom. The van der Waals surface area contributed by atoms with Gasteiger partial charge in [-0.2, -0.15) is 0 Å². The minimum absolute atomic E-state index is 0.107. The van der Waals surface area contributed by atoms with Crippen molar-refractivity contribution < 1.29 is 19.1 Å². The van der Waals surface area contributed by atoms with E-state index in [0.717, 1.165) is 36.8 Å². The lowest BCUT2D eigenvalue weighted by atomic mass is 9.95. The Morgan fingerprint density at radius 2 is 1.83 bits per heavy atom. The molecule has 218 valence electrons. The molecular formula is C31H33N5O4S2. The maximum absolute atomic E-state index is 13.3. The highest BCUT2D eigenvalue weighted by Gasteiger charge is 2.26. The molecule has 0 radical (unpaired) electrons. The topological polar surface area (TPSA) is 107 Å². The first-order chi connectivity index (χ1) is 20.6. The Balaban J connectivity index is 1.25. The normalized spacial score (nSPS) is 12.3. The predicted octanol–water partition coefficient (Wildman–Crippen LogP) is 5.65. The van der Waals surface area contributed by atoms with Crippen LogP contribution in [0.1, 0.15) is 45.0 Å². The lowest BCUT2D eigenvalue weighted by molar-refractivity contribution is -0.113. The molecule has 2 heterocycles. The van der Waals surface area contributed by atoms with Gasteiger partial charge in [-0.15, -0.1) is 28.1 Å². The Labute approximate surface area is 253 Å². The van der Waals surface area contributed by atoms with Crippen LogP contribution in [-0.2, 0) is 37.3 Å². The van der Waals surface area contributed by atoms with Gasteiger partial charge in [0.2, 0.25) is 5.91 Å². The summed E-state index contributed by atoms with van der Waals surface area (Å²) in [4.78, 5) is 27.7. The summed E-state index contributed by atoms with van der Waals surface area (Å²) >= 11 is 2.78. The lowest BCUT2D eigenvalue weighted by Crippen LogP contribution is -2.25. The summed E-state index contributed by atoms with van der Waals surface area (Å²) in [7, 11) is 1.59. The highest BCUT2D eigenvalue weighted by Crippen LogP contribution is 2.38. The van der Waals surface area contributed by atoms with Gasteiger partial charge in [-0.05, 0) is 48.9 Å². The smallest absolute Gasteiger partial charge is 0.254 e. The molecular weight excluding hydrogens is 571 g/mol. The Hall–Kier alpha value is -4.09. The van der Waals surface area contributed by atoms with Gasteiger partial charge in [-0.3, -0.25) is 14.2 Å². The van der Waals surface area contributed by atoms with Crippen molar-refractivity contribution in [3.8, 4) is 11.5 Å². The quantitative estimate of drug-likeness (QED) is 0.150. The zero-order valence-corrected chi connectivity index (χ0v) is 25.1. The summed E-state index contributed by atoms with van der Waals surface area (Å²) in [5, 5.41) is 15.8. The van der Waals surface area contributed by atoms with E-state index in [9.17, 15) is 9.59 Å². The number of amides is 2. The molecule has 0 aliphatic heterocycles. The number of nitrogens with one attached hydrogen (secondary N) is 2. The molecule has 11 heteroatoms. The number of aryl methyl sites for hydroxylation is 1. The standard InChI is InChI=1S/C31H33N5O4S2/c1-3-17-36-26(19-40-24-15-9-8-14-23(24)39-2)34-35-31(36)41-20-27(37)33-30-28(22-13-7-10-16-25(22)42-30)29(38)32-18-21-11-5-4-6-12-21/h3-6,8-9,11-12,14-15H,1,7,10,13,16-20H2,2H3,(H,32,38)(H,33,37). The number of thioether (sulfide) groups is 1. The number of thiophene rings is 1. The molecule has 1 aliphatic rings. The van der Waals surface area contributed by atoms with E-state index < -0.39 is 0 Å². The first kappa shape index (κ1) is 29.4. The number of nitrogens with zero attached hydrogens (tertiary/aromatic N) is 3. The number of carbonyl (C=O) groups is 2. The summed E-state index contributed by atoms with van der Waals surface area (Å²) in [5.41, 5.74) is 2.67. The molecule has 2 aromatic carbocycles. The zero-order chi connectivity index (χ0) is 29.3. The van der Waals surface area contributed by atoms with E-state index in [1.165, 1.54) is 28.0 Å². The summed E-state index contributed by atoms with van der Waals surface area (Å²) in [6, 6.07) is 17.2. The molecule has 0 fully saturated rings. The van der Waals surface area contributed by atoms with Crippen molar-refractivity contribution in [1.29, 1.82) is 0 Å². The van der Waals surface area contributed by atoms with Crippen molar-refractivity contribution in [3.05, 3.63) is 94.6 Å². The lowest BCUT2D eigenvalue weighted by Gasteiger charge is -2.13. The number of aromatic nitrogens is 3. The number of allylic oxidation sites excluding steroid dienone is 1. The number of carbonyl (C=O) groups excluding carboxylic acids is 2. The fourth-order valence-corrected chi connectivity index (χ4v) is 6.85. The summed E-state index contributed by atoms with van der Waals surface area (Å²) < 4.78 is 13.2. The number of benzene rings is 2. The average molecular weight is 604 g/mol. The van der Waals surface area contributed by atoms with Crippen LogP contribution in [-0.4, -0.2) is 39.4 Å². The molecule has 2 N–H and O–H groups in total. The fourth-order valence-electron chi connectivity index (χ4n) is 4.78. The largest absolute Gasteiger partial charge is 0.493 e. The first-order valence-electron chi connectivity index (χ1n) is 13.8. The van der Waals surface area contributed by atoms with E-state index in [0.29, 0.717) is 46.1 Å². The van der Waals surface area contributed by atoms with Gasteiger partial charge in [0, 0.05) is 18.0 Å². The van der Waals surface area contributed by atoms with E-state index >= 15 is 0 Å². The maximum atomic E-state index is 13.3. The van der Waals surface area contributed by atoms with E-state index in [1.807, 2.05) is 59.2 Å². The summed E-state index contributed by atoms with van der Waals surface area (Å²) in [6.45, 7) is 4.91. The van der Waals surface area contributed by atoms with Crippen molar-refractivity contribution in [3.63, 3.8) is 0 Å². The van der Waals surface area contributed by atoms with Gasteiger partial charge >= 0.3 is 0 Å². The van der Waals surface area contributed by atoms with Crippen molar-refractivity contribution >= 4 is 39.9 Å². The number of rotatable bonds is 13. The molecule has 9 nitrogen and oxygen atoms in total. The molecule has 4 aromatic rings. The predicted molar refractivity (Wildman–Crippen MR) is 165 cm³/mol. The second kappa shape index (κ2) is 14.2. The highest BCUT2D eigenvalue weighted by molar-refractivity contribution is 7.99. The number of methoxy groups -OCH3 is 1. The molecule has 0 saturated heterocycles. The number of anilines is 1. The molecule has 2 aromatic heterocycles. The number of hydrogen-bond acceptors (Lipinski definition) is 8. The van der Waals surface area contributed by atoms with Crippen LogP contribution in [0.15, 0.2) is 72.4 Å². The van der Waals surface area contributed by atoms with Crippen LogP contribution in [0.2, 0.25) is 0 Å². The minimum atomic E-state index is -0.212. The Morgan fingerprint density at radius 1 is 1.07 bits per heavy atom. The summed E-state index contributed by atoms with van der Waals surface area (Å²) in [5.74, 6) is 1.57. The van der Waals surface area contributed by atoms with Crippen LogP contribution in [0, 0.1) is 0 Å². The van der Waals surface area contributed by atoms with Crippen molar-refractivity contribution in [2.45, 2.75) is 50.5 Å². The number of ether oxygens (including phenoxy) is 2. The summed E-state index contributed by atoms with van der Waals surface area (Å²) in [6.07, 6.45) is 5.64. The molecule has 2 amide bonds. The van der Waals surface area contributed by atoms with Crippen molar-refractivity contribution in [1.82, 2.24) is 20.1 Å². The first-order valence-corrected chi connectivity index (χ1v) is 15.6. The zero-order valence-electron chi connectivity index (χ0n) is 23.4. The molecule has 5 rings (SSSR count). The molecule has 0 bridgehead atoms. The van der Waals surface area contributed by atoms with Gasteiger partial charge in [0.1, 0.15) is 11.6 Å². The van der Waals surface area contributed by atoms with Crippen LogP contribution < -0.4 is 20.1 Å². The van der Waals surface area contributed by atoms with E-state index in [2.05, 4.69) is 27.4 Å². The Bertz CT molecular complexity index is 1550. The van der Waals surface area contributed by atoms with Crippen LogP contribution in [0.5, 0.6) is 11.5 Å². The molecule has 0 saturated carbocycles. The van der Waals surface area contributed by atoms with Gasteiger partial charge in [-0.1, -0.05) is 60.3 Å². The van der Waals surface area contributed by atoms with Gasteiger partial charge in [-0.25, -0.2) is 0 Å². The number of hydrogen-bond donors (Lipinski definition) is 2. The van der Waals surface area contributed by atoms with Gasteiger partial charge in [0.05, 0.1) is 18.4 Å². The second-order valence-corrected chi connectivity index (χ2v) is 11.7. The third kappa shape index (κ3) is 7.03. The Kier molecular flexibility index (Phi) is 9.94.